The number of likely N-dealkylation sites (tertiary alicyclic amines) is 1. The van der Waals surface area contributed by atoms with Crippen LogP contribution in [0.5, 0.6) is 0 Å². The van der Waals surface area contributed by atoms with Crippen LogP contribution in [0.1, 0.15) is 42.5 Å². The number of para-hydroxylation sites is 1. The molecule has 4 nitrogen and oxygen atoms in total. The SMILES string of the molecule is CCN1CCC2(CC1)CC(=O)N(Cc1csc(C)n1)c1ccccc12. The Bertz CT molecular complexity index is 777. The molecule has 1 saturated heterocycles. The van der Waals surface area contributed by atoms with Crippen molar-refractivity contribution in [3.05, 3.63) is 45.9 Å². The molecule has 0 N–H and O–H groups in total. The zero-order valence-corrected chi connectivity index (χ0v) is 15.8. The van der Waals surface area contributed by atoms with Gasteiger partial charge in [0.15, 0.2) is 0 Å². The van der Waals surface area contributed by atoms with Gasteiger partial charge in [-0.15, -0.1) is 11.3 Å². The van der Waals surface area contributed by atoms with Crippen molar-refractivity contribution in [1.29, 1.82) is 0 Å². The number of carbonyl (C=O) groups is 1. The minimum Gasteiger partial charge on any atom is -0.306 e. The van der Waals surface area contributed by atoms with Crippen molar-refractivity contribution in [3.63, 3.8) is 0 Å². The second-order valence-electron chi connectivity index (χ2n) is 7.25. The molecule has 0 atom stereocenters. The van der Waals surface area contributed by atoms with Crippen LogP contribution in [0.15, 0.2) is 29.6 Å². The second kappa shape index (κ2) is 6.54. The maximum Gasteiger partial charge on any atom is 0.228 e. The molecule has 1 aromatic heterocycles. The number of aromatic nitrogens is 1. The van der Waals surface area contributed by atoms with Crippen molar-refractivity contribution in [3.8, 4) is 0 Å². The molecule has 0 radical (unpaired) electrons. The van der Waals surface area contributed by atoms with E-state index in [9.17, 15) is 4.79 Å². The maximum absolute atomic E-state index is 13.1. The number of carbonyl (C=O) groups excluding carboxylic acids is 1. The van der Waals surface area contributed by atoms with Crippen molar-refractivity contribution in [1.82, 2.24) is 9.88 Å². The zero-order chi connectivity index (χ0) is 17.4. The number of rotatable bonds is 3. The molecule has 132 valence electrons. The molecule has 1 amide bonds. The van der Waals surface area contributed by atoms with Crippen LogP contribution in [0.2, 0.25) is 0 Å². The summed E-state index contributed by atoms with van der Waals surface area (Å²) in [7, 11) is 0. The van der Waals surface area contributed by atoms with E-state index < -0.39 is 0 Å². The number of anilines is 1. The normalized spacial score (nSPS) is 20.1. The largest absolute Gasteiger partial charge is 0.306 e. The molecule has 2 aromatic rings. The molecule has 1 fully saturated rings. The first-order valence-electron chi connectivity index (χ1n) is 9.14. The highest BCUT2D eigenvalue weighted by Gasteiger charge is 2.44. The Balaban J connectivity index is 1.67. The number of benzene rings is 1. The molecule has 1 aromatic carbocycles. The monoisotopic (exact) mass is 355 g/mol. The van der Waals surface area contributed by atoms with Gasteiger partial charge in [0, 0.05) is 22.9 Å². The van der Waals surface area contributed by atoms with Gasteiger partial charge >= 0.3 is 0 Å². The molecule has 1 spiro atoms. The summed E-state index contributed by atoms with van der Waals surface area (Å²) in [5.74, 6) is 0.245. The Morgan fingerprint density at radius 2 is 2.00 bits per heavy atom. The summed E-state index contributed by atoms with van der Waals surface area (Å²) in [6.07, 6.45) is 2.78. The van der Waals surface area contributed by atoms with Crippen LogP contribution in [0.3, 0.4) is 0 Å². The number of thiazole rings is 1. The van der Waals surface area contributed by atoms with E-state index in [1.165, 1.54) is 5.56 Å². The summed E-state index contributed by atoms with van der Waals surface area (Å²) < 4.78 is 0. The third-order valence-electron chi connectivity index (χ3n) is 5.80. The molecule has 2 aliphatic heterocycles. The van der Waals surface area contributed by atoms with Gasteiger partial charge < -0.3 is 9.80 Å². The smallest absolute Gasteiger partial charge is 0.228 e. The van der Waals surface area contributed by atoms with Gasteiger partial charge in [0.05, 0.1) is 17.2 Å². The Labute approximate surface area is 153 Å². The molecule has 0 aliphatic carbocycles. The van der Waals surface area contributed by atoms with Gasteiger partial charge in [-0.3, -0.25) is 4.79 Å². The van der Waals surface area contributed by atoms with Crippen molar-refractivity contribution in [2.75, 3.05) is 24.5 Å². The van der Waals surface area contributed by atoms with Gasteiger partial charge in [0.25, 0.3) is 0 Å². The van der Waals surface area contributed by atoms with Crippen LogP contribution in [0.25, 0.3) is 0 Å². The molecule has 25 heavy (non-hydrogen) atoms. The van der Waals surface area contributed by atoms with Crippen LogP contribution in [0, 0.1) is 6.92 Å². The summed E-state index contributed by atoms with van der Waals surface area (Å²) in [5.41, 5.74) is 3.46. The molecular formula is C20H25N3OS. The van der Waals surface area contributed by atoms with Gasteiger partial charge in [0.2, 0.25) is 5.91 Å². The van der Waals surface area contributed by atoms with Crippen molar-refractivity contribution in [2.24, 2.45) is 0 Å². The van der Waals surface area contributed by atoms with Gasteiger partial charge in [0.1, 0.15) is 0 Å². The van der Waals surface area contributed by atoms with Gasteiger partial charge in [-0.2, -0.15) is 0 Å². The minimum absolute atomic E-state index is 0.0217. The first-order chi connectivity index (χ1) is 12.1. The number of nitrogens with zero attached hydrogens (tertiary/aromatic N) is 3. The zero-order valence-electron chi connectivity index (χ0n) is 15.0. The van der Waals surface area contributed by atoms with Crippen molar-refractivity contribution >= 4 is 22.9 Å². The Hall–Kier alpha value is -1.72. The van der Waals surface area contributed by atoms with E-state index in [1.807, 2.05) is 17.9 Å². The van der Waals surface area contributed by atoms with Crippen LogP contribution in [-0.2, 0) is 16.8 Å². The Morgan fingerprint density at radius 1 is 1.24 bits per heavy atom. The summed E-state index contributed by atoms with van der Waals surface area (Å²) >= 11 is 1.65. The van der Waals surface area contributed by atoms with E-state index >= 15 is 0 Å². The molecule has 0 bridgehead atoms. The lowest BCUT2D eigenvalue weighted by Gasteiger charge is -2.47. The fourth-order valence-electron chi connectivity index (χ4n) is 4.33. The van der Waals surface area contributed by atoms with Crippen molar-refractivity contribution in [2.45, 2.75) is 45.1 Å². The lowest BCUT2D eigenvalue weighted by Crippen LogP contribution is -2.49. The lowest BCUT2D eigenvalue weighted by molar-refractivity contribution is -0.121. The average Bonchev–Trinajstić information content (AvgIpc) is 3.04. The number of hydrogen-bond donors (Lipinski definition) is 0. The lowest BCUT2D eigenvalue weighted by atomic mass is 9.67. The van der Waals surface area contributed by atoms with Gasteiger partial charge in [-0.1, -0.05) is 25.1 Å². The van der Waals surface area contributed by atoms with E-state index in [4.69, 9.17) is 0 Å². The number of amides is 1. The van der Waals surface area contributed by atoms with E-state index in [-0.39, 0.29) is 11.3 Å². The predicted molar refractivity (Wildman–Crippen MR) is 102 cm³/mol. The first kappa shape index (κ1) is 16.7. The van der Waals surface area contributed by atoms with Crippen LogP contribution in [0.4, 0.5) is 5.69 Å². The van der Waals surface area contributed by atoms with E-state index in [1.54, 1.807) is 11.3 Å². The number of hydrogen-bond acceptors (Lipinski definition) is 4. The molecule has 0 unspecified atom stereocenters. The molecule has 3 heterocycles. The highest BCUT2D eigenvalue weighted by molar-refractivity contribution is 7.09. The number of aryl methyl sites for hydroxylation is 1. The summed E-state index contributed by atoms with van der Waals surface area (Å²) in [6.45, 7) is 8.08. The average molecular weight is 356 g/mol. The third kappa shape index (κ3) is 3.00. The standard InChI is InChI=1S/C20H25N3OS/c1-3-22-10-8-20(9-11-22)12-19(24)23(13-16-14-25-15(2)21-16)18-7-5-4-6-17(18)20/h4-7,14H,3,8-13H2,1-2H3. The number of fused-ring (bicyclic) bond motifs is 2. The van der Waals surface area contributed by atoms with Gasteiger partial charge in [-0.05, 0) is 51.0 Å². The Morgan fingerprint density at radius 3 is 2.68 bits per heavy atom. The highest BCUT2D eigenvalue weighted by Crippen LogP contribution is 2.47. The Kier molecular flexibility index (Phi) is 4.38. The van der Waals surface area contributed by atoms with E-state index in [2.05, 4.69) is 40.4 Å². The fraction of sp³-hybridized carbons (Fsp3) is 0.500. The first-order valence-corrected chi connectivity index (χ1v) is 10.0. The maximum atomic E-state index is 13.1. The molecule has 4 rings (SSSR count). The quantitative estimate of drug-likeness (QED) is 0.841. The third-order valence-corrected chi connectivity index (χ3v) is 6.63. The van der Waals surface area contributed by atoms with E-state index in [0.29, 0.717) is 13.0 Å². The van der Waals surface area contributed by atoms with Crippen LogP contribution >= 0.6 is 11.3 Å². The summed E-state index contributed by atoms with van der Waals surface area (Å²) in [6, 6.07) is 8.52. The number of piperidine rings is 1. The van der Waals surface area contributed by atoms with Crippen LogP contribution < -0.4 is 4.90 Å². The van der Waals surface area contributed by atoms with Gasteiger partial charge in [-0.25, -0.2) is 4.98 Å². The summed E-state index contributed by atoms with van der Waals surface area (Å²) in [4.78, 5) is 22.1. The molecule has 5 heteroatoms. The second-order valence-corrected chi connectivity index (χ2v) is 8.31. The van der Waals surface area contributed by atoms with E-state index in [0.717, 1.165) is 48.9 Å². The highest BCUT2D eigenvalue weighted by atomic mass is 32.1. The fourth-order valence-corrected chi connectivity index (χ4v) is 4.94. The summed E-state index contributed by atoms with van der Waals surface area (Å²) in [5, 5.41) is 3.12. The molecular weight excluding hydrogens is 330 g/mol. The molecule has 2 aliphatic rings. The van der Waals surface area contributed by atoms with Crippen LogP contribution in [-0.4, -0.2) is 35.4 Å². The van der Waals surface area contributed by atoms with Crippen molar-refractivity contribution < 1.29 is 4.79 Å². The predicted octanol–water partition coefficient (Wildman–Crippen LogP) is 3.74. The molecule has 0 saturated carbocycles. The topological polar surface area (TPSA) is 36.4 Å². The minimum atomic E-state index is 0.0217.